The average Bonchev–Trinajstić information content (AvgIpc) is 2.96. The first-order valence-electron chi connectivity index (χ1n) is 9.12. The molecule has 144 valence electrons. The van der Waals surface area contributed by atoms with Crippen LogP contribution in [0.5, 0.6) is 0 Å². The van der Waals surface area contributed by atoms with Gasteiger partial charge < -0.3 is 4.90 Å². The number of hydrogen-bond donors (Lipinski definition) is 1. The second kappa shape index (κ2) is 7.09. The number of likely N-dealkylation sites (tertiary alicyclic amines) is 1. The quantitative estimate of drug-likeness (QED) is 0.777. The van der Waals surface area contributed by atoms with E-state index < -0.39 is 10.0 Å². The number of allylic oxidation sites excluding steroid dienone is 2. The number of hydrogen-bond acceptors (Lipinski definition) is 4. The molecule has 1 amide bonds. The number of carbonyl (C=O) groups is 1. The molecule has 1 N–H and O–H groups in total. The second-order valence-electron chi connectivity index (χ2n) is 8.22. The lowest BCUT2D eigenvalue weighted by Crippen LogP contribution is -2.47. The van der Waals surface area contributed by atoms with Gasteiger partial charge in [-0.1, -0.05) is 31.6 Å². The van der Waals surface area contributed by atoms with Gasteiger partial charge in [-0.25, -0.2) is 13.1 Å². The van der Waals surface area contributed by atoms with E-state index in [-0.39, 0.29) is 23.3 Å². The molecule has 1 saturated heterocycles. The molecule has 2 heterocycles. The van der Waals surface area contributed by atoms with E-state index in [4.69, 9.17) is 0 Å². The topological polar surface area (TPSA) is 66.5 Å². The number of carbonyl (C=O) groups excluding carboxylic acids is 1. The molecule has 0 aromatic carbocycles. The van der Waals surface area contributed by atoms with Gasteiger partial charge in [0.2, 0.25) is 15.9 Å². The van der Waals surface area contributed by atoms with E-state index in [0.717, 1.165) is 0 Å². The number of nitrogens with zero attached hydrogens (tertiary/aromatic N) is 1. The molecular weight excluding hydrogens is 368 g/mol. The number of amides is 1. The lowest BCUT2D eigenvalue weighted by atomic mass is 10.0. The number of rotatable bonds is 5. The first-order chi connectivity index (χ1) is 12.1. The Hall–Kier alpha value is -1.18. The van der Waals surface area contributed by atoms with E-state index in [1.807, 2.05) is 4.90 Å². The Morgan fingerprint density at radius 2 is 1.96 bits per heavy atom. The molecule has 0 bridgehead atoms. The van der Waals surface area contributed by atoms with Crippen molar-refractivity contribution in [3.8, 4) is 0 Å². The van der Waals surface area contributed by atoms with Gasteiger partial charge in [0.25, 0.3) is 0 Å². The van der Waals surface area contributed by atoms with Crippen molar-refractivity contribution < 1.29 is 13.2 Å². The Morgan fingerprint density at radius 1 is 1.31 bits per heavy atom. The summed E-state index contributed by atoms with van der Waals surface area (Å²) < 4.78 is 27.8. The zero-order valence-corrected chi connectivity index (χ0v) is 17.5. The minimum absolute atomic E-state index is 0.0198. The van der Waals surface area contributed by atoms with Crippen molar-refractivity contribution in [3.05, 3.63) is 29.2 Å². The SMILES string of the molecule is CC(C)=CC1C(C(=O)N2CCC(NS(=O)(=O)c3cccs3)CC2)C1(C)C. The third-order valence-corrected chi connectivity index (χ3v) is 8.50. The molecule has 2 atom stereocenters. The summed E-state index contributed by atoms with van der Waals surface area (Å²) in [5, 5.41) is 1.76. The number of sulfonamides is 1. The van der Waals surface area contributed by atoms with E-state index in [0.29, 0.717) is 36.1 Å². The molecule has 1 saturated carbocycles. The molecule has 5 nitrogen and oxygen atoms in total. The standard InChI is InChI=1S/C19H28N2O3S2/c1-13(2)12-15-17(19(15,3)4)18(22)21-9-7-14(8-10-21)20-26(23,24)16-6-5-11-25-16/h5-6,11-12,14-15,17,20H,7-10H2,1-4H3. The van der Waals surface area contributed by atoms with Crippen LogP contribution in [0.2, 0.25) is 0 Å². The van der Waals surface area contributed by atoms with E-state index in [9.17, 15) is 13.2 Å². The molecule has 2 unspecified atom stereocenters. The maximum absolute atomic E-state index is 12.9. The monoisotopic (exact) mass is 396 g/mol. The summed E-state index contributed by atoms with van der Waals surface area (Å²) in [5.74, 6) is 0.587. The van der Waals surface area contributed by atoms with Crippen LogP contribution in [0.15, 0.2) is 33.4 Å². The predicted molar refractivity (Wildman–Crippen MR) is 104 cm³/mol. The highest BCUT2D eigenvalue weighted by atomic mass is 32.2. The molecular formula is C19H28N2O3S2. The minimum atomic E-state index is -3.44. The van der Waals surface area contributed by atoms with Gasteiger partial charge in [-0.15, -0.1) is 11.3 Å². The summed E-state index contributed by atoms with van der Waals surface area (Å²) in [6.45, 7) is 9.68. The smallest absolute Gasteiger partial charge is 0.250 e. The van der Waals surface area contributed by atoms with Crippen LogP contribution in [0.1, 0.15) is 40.5 Å². The fourth-order valence-electron chi connectivity index (χ4n) is 3.93. The van der Waals surface area contributed by atoms with Gasteiger partial charge in [0.15, 0.2) is 0 Å². The van der Waals surface area contributed by atoms with Crippen molar-refractivity contribution >= 4 is 27.3 Å². The van der Waals surface area contributed by atoms with Crippen LogP contribution >= 0.6 is 11.3 Å². The summed E-state index contributed by atoms with van der Waals surface area (Å²) in [4.78, 5) is 14.8. The van der Waals surface area contributed by atoms with Crippen molar-refractivity contribution in [1.82, 2.24) is 9.62 Å². The van der Waals surface area contributed by atoms with E-state index in [1.54, 1.807) is 17.5 Å². The van der Waals surface area contributed by atoms with E-state index in [2.05, 4.69) is 38.5 Å². The third-order valence-electron chi connectivity index (χ3n) is 5.58. The minimum Gasteiger partial charge on any atom is -0.342 e. The van der Waals surface area contributed by atoms with Gasteiger partial charge in [-0.3, -0.25) is 4.79 Å². The zero-order valence-electron chi connectivity index (χ0n) is 15.9. The molecule has 1 aliphatic carbocycles. The Kier molecular flexibility index (Phi) is 5.34. The Morgan fingerprint density at radius 3 is 2.50 bits per heavy atom. The van der Waals surface area contributed by atoms with Crippen molar-refractivity contribution in [2.75, 3.05) is 13.1 Å². The molecule has 2 aliphatic rings. The van der Waals surface area contributed by atoms with Crippen LogP contribution in [0.25, 0.3) is 0 Å². The molecule has 1 aromatic rings. The summed E-state index contributed by atoms with van der Waals surface area (Å²) in [6.07, 6.45) is 3.54. The van der Waals surface area contributed by atoms with Gasteiger partial charge in [0.05, 0.1) is 5.92 Å². The Labute approximate surface area is 160 Å². The lowest BCUT2D eigenvalue weighted by Gasteiger charge is -2.32. The molecule has 0 radical (unpaired) electrons. The first kappa shape index (κ1) is 19.6. The molecule has 1 aliphatic heterocycles. The average molecular weight is 397 g/mol. The molecule has 0 spiro atoms. The maximum Gasteiger partial charge on any atom is 0.250 e. The molecule has 2 fully saturated rings. The van der Waals surface area contributed by atoms with Crippen LogP contribution in [-0.2, 0) is 14.8 Å². The highest BCUT2D eigenvalue weighted by Crippen LogP contribution is 2.60. The molecule has 26 heavy (non-hydrogen) atoms. The lowest BCUT2D eigenvalue weighted by molar-refractivity contribution is -0.134. The van der Waals surface area contributed by atoms with E-state index >= 15 is 0 Å². The summed E-state index contributed by atoms with van der Waals surface area (Å²) in [7, 11) is -3.44. The van der Waals surface area contributed by atoms with Crippen LogP contribution in [0.3, 0.4) is 0 Å². The number of piperidine rings is 1. The van der Waals surface area contributed by atoms with Gasteiger partial charge in [0, 0.05) is 19.1 Å². The van der Waals surface area contributed by atoms with Crippen LogP contribution in [0.4, 0.5) is 0 Å². The van der Waals surface area contributed by atoms with Crippen LogP contribution < -0.4 is 4.72 Å². The van der Waals surface area contributed by atoms with Crippen LogP contribution in [0, 0.1) is 17.3 Å². The molecule has 3 rings (SSSR count). The molecule has 1 aromatic heterocycles. The van der Waals surface area contributed by atoms with Crippen molar-refractivity contribution in [2.24, 2.45) is 17.3 Å². The van der Waals surface area contributed by atoms with Crippen molar-refractivity contribution in [2.45, 2.75) is 50.8 Å². The van der Waals surface area contributed by atoms with Gasteiger partial charge >= 0.3 is 0 Å². The highest BCUT2D eigenvalue weighted by Gasteiger charge is 2.61. The second-order valence-corrected chi connectivity index (χ2v) is 11.1. The fraction of sp³-hybridized carbons (Fsp3) is 0.632. The Bertz CT molecular complexity index is 785. The molecule has 7 heteroatoms. The Balaban J connectivity index is 1.56. The fourth-order valence-corrected chi connectivity index (χ4v) is 6.24. The van der Waals surface area contributed by atoms with Gasteiger partial charge in [-0.05, 0) is 49.5 Å². The zero-order chi connectivity index (χ0) is 19.1. The van der Waals surface area contributed by atoms with Crippen molar-refractivity contribution in [1.29, 1.82) is 0 Å². The maximum atomic E-state index is 12.9. The summed E-state index contributed by atoms with van der Waals surface area (Å²) >= 11 is 1.22. The van der Waals surface area contributed by atoms with Crippen LogP contribution in [-0.4, -0.2) is 38.4 Å². The van der Waals surface area contributed by atoms with Crippen molar-refractivity contribution in [3.63, 3.8) is 0 Å². The highest BCUT2D eigenvalue weighted by molar-refractivity contribution is 7.91. The largest absolute Gasteiger partial charge is 0.342 e. The summed E-state index contributed by atoms with van der Waals surface area (Å²) in [5.41, 5.74) is 1.27. The van der Waals surface area contributed by atoms with Gasteiger partial charge in [-0.2, -0.15) is 0 Å². The number of nitrogens with one attached hydrogen (secondary N) is 1. The third kappa shape index (κ3) is 3.89. The first-order valence-corrected chi connectivity index (χ1v) is 11.5. The normalized spacial score (nSPS) is 25.8. The number of thiophene rings is 1. The van der Waals surface area contributed by atoms with E-state index in [1.165, 1.54) is 16.9 Å². The van der Waals surface area contributed by atoms with Gasteiger partial charge in [0.1, 0.15) is 4.21 Å². The predicted octanol–water partition coefficient (Wildman–Crippen LogP) is 3.26. The summed E-state index contributed by atoms with van der Waals surface area (Å²) in [6, 6.07) is 3.25.